The summed E-state index contributed by atoms with van der Waals surface area (Å²) >= 11 is 6.42. The lowest BCUT2D eigenvalue weighted by Gasteiger charge is -2.29. The van der Waals surface area contributed by atoms with E-state index in [1.54, 1.807) is 7.11 Å². The zero-order valence-electron chi connectivity index (χ0n) is 12.0. The molecule has 0 amide bonds. The quantitative estimate of drug-likeness (QED) is 0.927. The Labute approximate surface area is 126 Å². The van der Waals surface area contributed by atoms with Crippen molar-refractivity contribution in [1.29, 1.82) is 0 Å². The van der Waals surface area contributed by atoms with Gasteiger partial charge < -0.3 is 10.5 Å². The van der Waals surface area contributed by atoms with Gasteiger partial charge >= 0.3 is 0 Å². The maximum Gasteiger partial charge on any atom is 0.125 e. The number of fused-ring (bicyclic) bond motifs is 1. The minimum absolute atomic E-state index is 0.171. The molecule has 2 fully saturated rings. The smallest absolute Gasteiger partial charge is 0.125 e. The molecule has 1 aromatic carbocycles. The molecule has 1 aliphatic carbocycles. The summed E-state index contributed by atoms with van der Waals surface area (Å²) in [5.41, 5.74) is 7.13. The Hall–Kier alpha value is -0.770. The first-order valence-electron chi connectivity index (χ1n) is 7.51. The maximum atomic E-state index is 6.42. The molecular weight excluding hydrogens is 272 g/mol. The number of likely N-dealkylation sites (tertiary alicyclic amines) is 1. The summed E-state index contributed by atoms with van der Waals surface area (Å²) in [7, 11) is 1.70. The molecule has 4 heteroatoms. The SMILES string of the molecule is COc1cccc(Cl)c1C(CN)N1CC2CCCC2C1. The van der Waals surface area contributed by atoms with E-state index >= 15 is 0 Å². The molecular formula is C16H23ClN2O. The van der Waals surface area contributed by atoms with Crippen LogP contribution in [0.2, 0.25) is 5.02 Å². The van der Waals surface area contributed by atoms with Crippen molar-refractivity contribution in [3.8, 4) is 5.75 Å². The fourth-order valence-corrected chi connectivity index (χ4v) is 4.29. The minimum atomic E-state index is 0.171. The predicted molar refractivity (Wildman–Crippen MR) is 82.2 cm³/mol. The third-order valence-corrected chi connectivity index (χ3v) is 5.31. The van der Waals surface area contributed by atoms with E-state index in [2.05, 4.69) is 4.90 Å². The normalized spacial score (nSPS) is 27.6. The zero-order chi connectivity index (χ0) is 14.1. The summed E-state index contributed by atoms with van der Waals surface area (Å²) in [5.74, 6) is 2.57. The third kappa shape index (κ3) is 2.43. The van der Waals surface area contributed by atoms with Crippen LogP contribution in [-0.4, -0.2) is 31.6 Å². The van der Waals surface area contributed by atoms with Gasteiger partial charge in [-0.15, -0.1) is 0 Å². The number of nitrogens with two attached hydrogens (primary N) is 1. The fourth-order valence-electron chi connectivity index (χ4n) is 3.99. The number of methoxy groups -OCH3 is 1. The van der Waals surface area contributed by atoms with Crippen LogP contribution in [0.4, 0.5) is 0 Å². The molecule has 3 nitrogen and oxygen atoms in total. The average molecular weight is 295 g/mol. The second-order valence-electron chi connectivity index (χ2n) is 6.01. The van der Waals surface area contributed by atoms with Crippen LogP contribution >= 0.6 is 11.6 Å². The van der Waals surface area contributed by atoms with E-state index in [-0.39, 0.29) is 6.04 Å². The molecule has 2 aliphatic rings. The van der Waals surface area contributed by atoms with E-state index in [9.17, 15) is 0 Å². The minimum Gasteiger partial charge on any atom is -0.496 e. The summed E-state index contributed by atoms with van der Waals surface area (Å²) in [6, 6.07) is 6.00. The summed E-state index contributed by atoms with van der Waals surface area (Å²) in [6.45, 7) is 2.89. The molecule has 20 heavy (non-hydrogen) atoms. The summed E-state index contributed by atoms with van der Waals surface area (Å²) < 4.78 is 5.50. The van der Waals surface area contributed by atoms with Crippen molar-refractivity contribution in [1.82, 2.24) is 4.90 Å². The Morgan fingerprint density at radius 2 is 2.05 bits per heavy atom. The molecule has 1 heterocycles. The van der Waals surface area contributed by atoms with Gasteiger partial charge in [0.1, 0.15) is 5.75 Å². The van der Waals surface area contributed by atoms with Crippen molar-refractivity contribution in [2.24, 2.45) is 17.6 Å². The Balaban J connectivity index is 1.87. The number of hydrogen-bond acceptors (Lipinski definition) is 3. The van der Waals surface area contributed by atoms with Crippen LogP contribution in [0.15, 0.2) is 18.2 Å². The van der Waals surface area contributed by atoms with Crippen LogP contribution in [0.1, 0.15) is 30.9 Å². The van der Waals surface area contributed by atoms with Crippen LogP contribution in [0.3, 0.4) is 0 Å². The van der Waals surface area contributed by atoms with Gasteiger partial charge in [0.05, 0.1) is 13.2 Å². The number of hydrogen-bond donors (Lipinski definition) is 1. The van der Waals surface area contributed by atoms with Gasteiger partial charge in [-0.2, -0.15) is 0 Å². The second kappa shape index (κ2) is 5.92. The van der Waals surface area contributed by atoms with Crippen molar-refractivity contribution in [3.63, 3.8) is 0 Å². The van der Waals surface area contributed by atoms with E-state index in [4.69, 9.17) is 22.1 Å². The maximum absolute atomic E-state index is 6.42. The molecule has 1 aliphatic heterocycles. The van der Waals surface area contributed by atoms with Crippen molar-refractivity contribution in [2.45, 2.75) is 25.3 Å². The number of ether oxygens (including phenoxy) is 1. The highest BCUT2D eigenvalue weighted by Crippen LogP contribution is 2.43. The van der Waals surface area contributed by atoms with E-state index in [0.29, 0.717) is 6.54 Å². The molecule has 110 valence electrons. The molecule has 0 bridgehead atoms. The molecule has 3 rings (SSSR count). The lowest BCUT2D eigenvalue weighted by Crippen LogP contribution is -2.33. The summed E-state index contributed by atoms with van der Waals surface area (Å²) in [4.78, 5) is 2.51. The molecule has 0 spiro atoms. The molecule has 0 aromatic heterocycles. The Morgan fingerprint density at radius 1 is 1.35 bits per heavy atom. The molecule has 0 radical (unpaired) electrons. The van der Waals surface area contributed by atoms with Gasteiger partial charge in [-0.05, 0) is 36.8 Å². The van der Waals surface area contributed by atoms with Gasteiger partial charge in [-0.25, -0.2) is 0 Å². The van der Waals surface area contributed by atoms with E-state index in [1.807, 2.05) is 18.2 Å². The van der Waals surface area contributed by atoms with Gasteiger partial charge in [-0.1, -0.05) is 24.1 Å². The monoisotopic (exact) mass is 294 g/mol. The molecule has 2 N–H and O–H groups in total. The van der Waals surface area contributed by atoms with Gasteiger partial charge in [-0.3, -0.25) is 4.90 Å². The van der Waals surface area contributed by atoms with E-state index in [1.165, 1.54) is 19.3 Å². The number of nitrogens with zero attached hydrogens (tertiary/aromatic N) is 1. The largest absolute Gasteiger partial charge is 0.496 e. The molecule has 1 aromatic rings. The Kier molecular flexibility index (Phi) is 4.20. The van der Waals surface area contributed by atoms with E-state index < -0.39 is 0 Å². The van der Waals surface area contributed by atoms with Crippen LogP contribution < -0.4 is 10.5 Å². The summed E-state index contributed by atoms with van der Waals surface area (Å²) in [5, 5.41) is 0.761. The highest BCUT2D eigenvalue weighted by atomic mass is 35.5. The average Bonchev–Trinajstić information content (AvgIpc) is 3.02. The van der Waals surface area contributed by atoms with Crippen LogP contribution in [0.25, 0.3) is 0 Å². The Bertz CT molecular complexity index is 468. The van der Waals surface area contributed by atoms with Crippen LogP contribution in [-0.2, 0) is 0 Å². The molecule has 3 atom stereocenters. The lowest BCUT2D eigenvalue weighted by molar-refractivity contribution is 0.227. The highest BCUT2D eigenvalue weighted by molar-refractivity contribution is 6.31. The van der Waals surface area contributed by atoms with Crippen molar-refractivity contribution >= 4 is 11.6 Å². The van der Waals surface area contributed by atoms with Gasteiger partial charge in [0.15, 0.2) is 0 Å². The molecule has 3 unspecified atom stereocenters. The summed E-state index contributed by atoms with van der Waals surface area (Å²) in [6.07, 6.45) is 4.14. The number of rotatable bonds is 4. The molecule has 1 saturated heterocycles. The Morgan fingerprint density at radius 3 is 2.65 bits per heavy atom. The van der Waals surface area contributed by atoms with Gasteiger partial charge in [0, 0.05) is 30.2 Å². The lowest BCUT2D eigenvalue weighted by atomic mass is 10.0. The van der Waals surface area contributed by atoms with Crippen molar-refractivity contribution < 1.29 is 4.74 Å². The highest BCUT2D eigenvalue weighted by Gasteiger charge is 2.39. The van der Waals surface area contributed by atoms with Crippen LogP contribution in [0.5, 0.6) is 5.75 Å². The number of halogens is 1. The van der Waals surface area contributed by atoms with Crippen molar-refractivity contribution in [3.05, 3.63) is 28.8 Å². The number of benzene rings is 1. The first-order chi connectivity index (χ1) is 9.74. The zero-order valence-corrected chi connectivity index (χ0v) is 12.8. The van der Waals surface area contributed by atoms with Crippen molar-refractivity contribution in [2.75, 3.05) is 26.7 Å². The third-order valence-electron chi connectivity index (χ3n) is 4.98. The first kappa shape index (κ1) is 14.2. The van der Waals surface area contributed by atoms with Gasteiger partial charge in [0.2, 0.25) is 0 Å². The predicted octanol–water partition coefficient (Wildman–Crippen LogP) is 3.08. The van der Waals surface area contributed by atoms with Gasteiger partial charge in [0.25, 0.3) is 0 Å². The van der Waals surface area contributed by atoms with E-state index in [0.717, 1.165) is 41.3 Å². The standard InChI is InChI=1S/C16H23ClN2O/c1-20-15-7-3-6-13(17)16(15)14(8-18)19-9-11-4-2-5-12(11)10-19/h3,6-7,11-12,14H,2,4-5,8-10,18H2,1H3. The van der Waals surface area contributed by atoms with Crippen LogP contribution in [0, 0.1) is 11.8 Å². The fraction of sp³-hybridized carbons (Fsp3) is 0.625. The topological polar surface area (TPSA) is 38.5 Å². The second-order valence-corrected chi connectivity index (χ2v) is 6.42. The molecule has 1 saturated carbocycles. The first-order valence-corrected chi connectivity index (χ1v) is 7.89.